The third-order valence-corrected chi connectivity index (χ3v) is 4.91. The second-order valence-corrected chi connectivity index (χ2v) is 6.87. The summed E-state index contributed by atoms with van der Waals surface area (Å²) in [5.41, 5.74) is 0.901. The number of fused-ring (bicyclic) bond motifs is 1. The van der Waals surface area contributed by atoms with Gasteiger partial charge in [0.2, 0.25) is 5.82 Å². The summed E-state index contributed by atoms with van der Waals surface area (Å²) in [4.78, 5) is 20.8. The fourth-order valence-electron chi connectivity index (χ4n) is 2.50. The van der Waals surface area contributed by atoms with Gasteiger partial charge in [-0.2, -0.15) is 4.98 Å². The monoisotopic (exact) mass is 400 g/mol. The first-order chi connectivity index (χ1) is 13.5. The van der Waals surface area contributed by atoms with Crippen molar-refractivity contribution in [3.63, 3.8) is 0 Å². The van der Waals surface area contributed by atoms with Crippen LogP contribution in [0.2, 0.25) is 0 Å². The van der Waals surface area contributed by atoms with E-state index in [0.29, 0.717) is 10.5 Å². The zero-order valence-electron chi connectivity index (χ0n) is 14.2. The molecule has 0 aliphatic rings. The number of amides is 1. The van der Waals surface area contributed by atoms with Crippen LogP contribution >= 0.6 is 11.3 Å². The minimum Gasteiger partial charge on any atom is -0.508 e. The zero-order valence-corrected chi connectivity index (χ0v) is 15.0. The van der Waals surface area contributed by atoms with Gasteiger partial charge in [0, 0.05) is 5.56 Å². The molecular formula is C18H13FN4O4S. The predicted molar refractivity (Wildman–Crippen MR) is 98.3 cm³/mol. The molecule has 0 radical (unpaired) electrons. The van der Waals surface area contributed by atoms with Crippen molar-refractivity contribution in [1.29, 1.82) is 0 Å². The van der Waals surface area contributed by atoms with Crippen LogP contribution in [0.4, 0.5) is 4.39 Å². The van der Waals surface area contributed by atoms with Gasteiger partial charge in [0.15, 0.2) is 5.01 Å². The van der Waals surface area contributed by atoms with Crippen molar-refractivity contribution in [2.75, 3.05) is 6.61 Å². The second kappa shape index (κ2) is 7.33. The van der Waals surface area contributed by atoms with Crippen molar-refractivity contribution >= 4 is 27.5 Å². The minimum atomic E-state index is -0.933. The van der Waals surface area contributed by atoms with Gasteiger partial charge in [-0.15, -0.1) is 11.3 Å². The highest BCUT2D eigenvalue weighted by molar-refractivity contribution is 7.21. The van der Waals surface area contributed by atoms with Gasteiger partial charge in [-0.1, -0.05) is 5.16 Å². The molecule has 1 atom stereocenters. The number of nitrogens with zero attached hydrogens (tertiary/aromatic N) is 3. The summed E-state index contributed by atoms with van der Waals surface area (Å²) in [5, 5.41) is 26.0. The summed E-state index contributed by atoms with van der Waals surface area (Å²) in [5.74, 6) is -0.643. The van der Waals surface area contributed by atoms with Crippen molar-refractivity contribution in [2.45, 2.75) is 6.04 Å². The second-order valence-electron chi connectivity index (χ2n) is 5.84. The highest BCUT2D eigenvalue weighted by Gasteiger charge is 2.23. The molecule has 2 heterocycles. The lowest BCUT2D eigenvalue weighted by atomic mass is 10.2. The predicted octanol–water partition coefficient (Wildman–Crippen LogP) is 2.65. The molecule has 0 aliphatic heterocycles. The number of thiazole rings is 1. The SMILES string of the molecule is O=C(N[C@@H](CO)c1nc(-c2nc3ccc(O)cc3s2)no1)c1ccc(F)cc1. The molecule has 4 aromatic rings. The average molecular weight is 400 g/mol. The topological polar surface area (TPSA) is 121 Å². The summed E-state index contributed by atoms with van der Waals surface area (Å²) in [6.07, 6.45) is 0. The lowest BCUT2D eigenvalue weighted by Crippen LogP contribution is -2.31. The molecule has 0 saturated heterocycles. The van der Waals surface area contributed by atoms with E-state index in [2.05, 4.69) is 20.4 Å². The third-order valence-electron chi connectivity index (χ3n) is 3.90. The Hall–Kier alpha value is -3.37. The number of halogens is 1. The maximum Gasteiger partial charge on any atom is 0.252 e. The molecule has 142 valence electrons. The molecule has 2 aromatic heterocycles. The van der Waals surface area contributed by atoms with Crippen LogP contribution in [0.3, 0.4) is 0 Å². The Kier molecular flexibility index (Phi) is 4.72. The fourth-order valence-corrected chi connectivity index (χ4v) is 3.43. The molecule has 10 heteroatoms. The molecule has 0 saturated carbocycles. The Morgan fingerprint density at radius 3 is 2.75 bits per heavy atom. The lowest BCUT2D eigenvalue weighted by Gasteiger charge is -2.12. The summed E-state index contributed by atoms with van der Waals surface area (Å²) < 4.78 is 18.9. The van der Waals surface area contributed by atoms with E-state index in [4.69, 9.17) is 4.52 Å². The highest BCUT2D eigenvalue weighted by atomic mass is 32.1. The van der Waals surface area contributed by atoms with Crippen LogP contribution in [-0.2, 0) is 0 Å². The van der Waals surface area contributed by atoms with Gasteiger partial charge in [-0.05, 0) is 42.5 Å². The van der Waals surface area contributed by atoms with Crippen LogP contribution in [-0.4, -0.2) is 37.9 Å². The van der Waals surface area contributed by atoms with E-state index in [9.17, 15) is 19.4 Å². The molecular weight excluding hydrogens is 387 g/mol. The number of rotatable bonds is 5. The normalized spacial score (nSPS) is 12.2. The van der Waals surface area contributed by atoms with E-state index in [1.807, 2.05) is 0 Å². The van der Waals surface area contributed by atoms with Gasteiger partial charge < -0.3 is 20.1 Å². The molecule has 28 heavy (non-hydrogen) atoms. The van der Waals surface area contributed by atoms with Crippen LogP contribution in [0, 0.1) is 5.82 Å². The average Bonchev–Trinajstić information content (AvgIpc) is 3.33. The Labute approximate surface area is 161 Å². The Morgan fingerprint density at radius 2 is 2.00 bits per heavy atom. The molecule has 1 amide bonds. The van der Waals surface area contributed by atoms with Crippen LogP contribution in [0.5, 0.6) is 5.75 Å². The largest absolute Gasteiger partial charge is 0.508 e. The maximum atomic E-state index is 13.0. The van der Waals surface area contributed by atoms with Crippen molar-refractivity contribution < 1.29 is 23.9 Å². The molecule has 0 aliphatic carbocycles. The quantitative estimate of drug-likeness (QED) is 0.471. The van der Waals surface area contributed by atoms with Gasteiger partial charge in [0.05, 0.1) is 16.8 Å². The fraction of sp³-hybridized carbons (Fsp3) is 0.111. The number of aromatic nitrogens is 3. The first-order valence-corrected chi connectivity index (χ1v) is 8.96. The minimum absolute atomic E-state index is 0.00932. The van der Waals surface area contributed by atoms with Gasteiger partial charge in [0.1, 0.15) is 17.6 Å². The number of aliphatic hydroxyl groups is 1. The number of phenolic OH excluding ortho intramolecular Hbond substituents is 1. The summed E-state index contributed by atoms with van der Waals surface area (Å²) in [7, 11) is 0. The molecule has 2 aromatic carbocycles. The van der Waals surface area contributed by atoms with Crippen molar-refractivity contribution in [1.82, 2.24) is 20.4 Å². The van der Waals surface area contributed by atoms with Crippen LogP contribution < -0.4 is 5.32 Å². The van der Waals surface area contributed by atoms with Crippen molar-refractivity contribution in [3.8, 4) is 16.6 Å². The van der Waals surface area contributed by atoms with Crippen LogP contribution in [0.1, 0.15) is 22.3 Å². The molecule has 0 fully saturated rings. The van der Waals surface area contributed by atoms with E-state index < -0.39 is 24.4 Å². The van der Waals surface area contributed by atoms with Crippen molar-refractivity contribution in [2.24, 2.45) is 0 Å². The van der Waals surface area contributed by atoms with E-state index in [-0.39, 0.29) is 23.0 Å². The summed E-state index contributed by atoms with van der Waals surface area (Å²) in [6.45, 7) is -0.470. The first-order valence-electron chi connectivity index (χ1n) is 8.14. The third kappa shape index (κ3) is 3.55. The molecule has 8 nitrogen and oxygen atoms in total. The van der Waals surface area contributed by atoms with Gasteiger partial charge >= 0.3 is 0 Å². The summed E-state index contributed by atoms with van der Waals surface area (Å²) in [6, 6.07) is 8.83. The van der Waals surface area contributed by atoms with E-state index in [0.717, 1.165) is 4.70 Å². The lowest BCUT2D eigenvalue weighted by molar-refractivity contribution is 0.0901. The Morgan fingerprint density at radius 1 is 1.21 bits per heavy atom. The number of benzene rings is 2. The molecule has 0 unspecified atom stereocenters. The molecule has 4 rings (SSSR count). The number of carbonyl (C=O) groups is 1. The van der Waals surface area contributed by atoms with Gasteiger partial charge in [-0.25, -0.2) is 9.37 Å². The molecule has 3 N–H and O–H groups in total. The molecule has 0 spiro atoms. The smallest absolute Gasteiger partial charge is 0.252 e. The standard InChI is InChI=1S/C18H13FN4O4S/c19-10-3-1-9(2-4-10)16(26)20-13(8-24)17-22-15(23-27-17)18-21-12-6-5-11(25)7-14(12)28-18/h1-7,13,24-25H,8H2,(H,20,26)/t13-/m0/s1. The molecule has 0 bridgehead atoms. The van der Waals surface area contributed by atoms with E-state index >= 15 is 0 Å². The van der Waals surface area contributed by atoms with Crippen molar-refractivity contribution in [3.05, 3.63) is 59.7 Å². The first kappa shape index (κ1) is 18.0. The van der Waals surface area contributed by atoms with Gasteiger partial charge in [-0.3, -0.25) is 4.79 Å². The number of aromatic hydroxyl groups is 1. The van der Waals surface area contributed by atoms with E-state index in [1.54, 1.807) is 12.1 Å². The number of phenols is 1. The number of aliphatic hydroxyl groups excluding tert-OH is 1. The van der Waals surface area contributed by atoms with Crippen LogP contribution in [0.25, 0.3) is 21.0 Å². The highest BCUT2D eigenvalue weighted by Crippen LogP contribution is 2.31. The number of carbonyl (C=O) groups excluding carboxylic acids is 1. The van der Waals surface area contributed by atoms with E-state index in [1.165, 1.54) is 41.7 Å². The zero-order chi connectivity index (χ0) is 19.7. The van der Waals surface area contributed by atoms with Crippen LogP contribution in [0.15, 0.2) is 47.0 Å². The number of hydrogen-bond donors (Lipinski definition) is 3. The summed E-state index contributed by atoms with van der Waals surface area (Å²) >= 11 is 1.27. The number of nitrogens with one attached hydrogen (secondary N) is 1. The Balaban J connectivity index is 1.55. The Bertz CT molecular complexity index is 1140. The maximum absolute atomic E-state index is 13.0. The number of hydrogen-bond acceptors (Lipinski definition) is 8. The van der Waals surface area contributed by atoms with Gasteiger partial charge in [0.25, 0.3) is 11.8 Å².